The average Bonchev–Trinajstić information content (AvgIpc) is 2.70. The molecule has 1 heterocycles. The summed E-state index contributed by atoms with van der Waals surface area (Å²) in [6.07, 6.45) is 1.26. The van der Waals surface area contributed by atoms with Gasteiger partial charge in [0.1, 0.15) is 5.75 Å². The lowest BCUT2D eigenvalue weighted by Gasteiger charge is -2.30. The molecule has 1 saturated heterocycles. The summed E-state index contributed by atoms with van der Waals surface area (Å²) in [6, 6.07) is 11.8. The van der Waals surface area contributed by atoms with Crippen molar-refractivity contribution >= 4 is 40.7 Å². The Hall–Kier alpha value is -2.24. The van der Waals surface area contributed by atoms with Gasteiger partial charge in [0.15, 0.2) is 6.10 Å². The van der Waals surface area contributed by atoms with Gasteiger partial charge in [-0.15, -0.1) is 0 Å². The van der Waals surface area contributed by atoms with Gasteiger partial charge in [-0.25, -0.2) is 0 Å². The summed E-state index contributed by atoms with van der Waals surface area (Å²) >= 11 is 12.0. The van der Waals surface area contributed by atoms with Crippen molar-refractivity contribution in [3.63, 3.8) is 0 Å². The average molecular weight is 435 g/mol. The van der Waals surface area contributed by atoms with Crippen molar-refractivity contribution in [1.29, 1.82) is 0 Å². The first-order valence-electron chi connectivity index (χ1n) is 9.65. The minimum absolute atomic E-state index is 0.00903. The number of rotatable bonds is 5. The summed E-state index contributed by atoms with van der Waals surface area (Å²) in [4.78, 5) is 27.1. The van der Waals surface area contributed by atoms with E-state index in [1.807, 2.05) is 4.90 Å². The molecule has 0 saturated carbocycles. The monoisotopic (exact) mass is 434 g/mol. The van der Waals surface area contributed by atoms with E-state index in [0.29, 0.717) is 33.0 Å². The number of ether oxygens (including phenoxy) is 1. The zero-order valence-corrected chi connectivity index (χ0v) is 18.0. The largest absolute Gasteiger partial charge is 0.479 e. The third-order valence-corrected chi connectivity index (χ3v) is 5.55. The zero-order chi connectivity index (χ0) is 21.0. The van der Waals surface area contributed by atoms with Gasteiger partial charge < -0.3 is 15.0 Å². The lowest BCUT2D eigenvalue weighted by atomic mass is 9.98. The summed E-state index contributed by atoms with van der Waals surface area (Å²) in [5, 5.41) is 3.62. The molecule has 1 aliphatic heterocycles. The molecule has 0 bridgehead atoms. The maximum atomic E-state index is 12.7. The standard InChI is InChI=1S/C22H24Cl2N2O3/c1-14-8-10-26(11-9-14)22(28)16-4-3-5-18(12-16)25-21(27)15(2)29-20-7-6-17(23)13-19(20)24/h3-7,12-15H,8-11H2,1-2H3,(H,25,27). The lowest BCUT2D eigenvalue weighted by molar-refractivity contribution is -0.122. The fraction of sp³-hybridized carbons (Fsp3) is 0.364. The Kier molecular flexibility index (Phi) is 7.04. The van der Waals surface area contributed by atoms with Crippen molar-refractivity contribution in [3.8, 4) is 5.75 Å². The van der Waals surface area contributed by atoms with E-state index in [-0.39, 0.29) is 11.8 Å². The van der Waals surface area contributed by atoms with Gasteiger partial charge in [0, 0.05) is 29.4 Å². The Labute approximate surface area is 180 Å². The second kappa shape index (κ2) is 9.51. The summed E-state index contributed by atoms with van der Waals surface area (Å²) in [5.74, 6) is 0.680. The van der Waals surface area contributed by atoms with Crippen LogP contribution in [0.5, 0.6) is 5.75 Å². The molecule has 2 aromatic carbocycles. The van der Waals surface area contributed by atoms with Crippen LogP contribution in [-0.4, -0.2) is 35.9 Å². The predicted octanol–water partition coefficient (Wildman–Crippen LogP) is 5.27. The number of likely N-dealkylation sites (tertiary alicyclic amines) is 1. The van der Waals surface area contributed by atoms with Crippen molar-refractivity contribution in [2.24, 2.45) is 5.92 Å². The molecule has 154 valence electrons. The first-order valence-corrected chi connectivity index (χ1v) is 10.4. The topological polar surface area (TPSA) is 58.6 Å². The molecule has 3 rings (SSSR count). The zero-order valence-electron chi connectivity index (χ0n) is 16.5. The summed E-state index contributed by atoms with van der Waals surface area (Å²) in [5.41, 5.74) is 1.11. The first-order chi connectivity index (χ1) is 13.8. The van der Waals surface area contributed by atoms with Crippen molar-refractivity contribution in [3.05, 3.63) is 58.1 Å². The van der Waals surface area contributed by atoms with Gasteiger partial charge in [0.25, 0.3) is 11.8 Å². The second-order valence-corrected chi connectivity index (χ2v) is 8.22. The highest BCUT2D eigenvalue weighted by Crippen LogP contribution is 2.28. The number of piperidine rings is 1. The SMILES string of the molecule is CC1CCN(C(=O)c2cccc(NC(=O)C(C)Oc3ccc(Cl)cc3Cl)c2)CC1. The van der Waals surface area contributed by atoms with E-state index in [9.17, 15) is 9.59 Å². The van der Waals surface area contributed by atoms with E-state index in [0.717, 1.165) is 25.9 Å². The van der Waals surface area contributed by atoms with E-state index in [4.69, 9.17) is 27.9 Å². The highest BCUT2D eigenvalue weighted by atomic mass is 35.5. The molecule has 1 N–H and O–H groups in total. The Morgan fingerprint density at radius 1 is 1.14 bits per heavy atom. The van der Waals surface area contributed by atoms with Gasteiger partial charge in [-0.3, -0.25) is 9.59 Å². The molecule has 2 amide bonds. The first kappa shape index (κ1) is 21.5. The number of hydrogen-bond acceptors (Lipinski definition) is 3. The molecule has 1 atom stereocenters. The number of benzene rings is 2. The van der Waals surface area contributed by atoms with Gasteiger partial charge >= 0.3 is 0 Å². The number of halogens is 2. The van der Waals surface area contributed by atoms with Crippen LogP contribution in [0.15, 0.2) is 42.5 Å². The molecule has 0 spiro atoms. The fourth-order valence-corrected chi connectivity index (χ4v) is 3.64. The molecular weight excluding hydrogens is 411 g/mol. The van der Waals surface area contributed by atoms with Gasteiger partial charge in [-0.2, -0.15) is 0 Å². The molecule has 1 aliphatic rings. The third kappa shape index (κ3) is 5.64. The number of anilines is 1. The number of carbonyl (C=O) groups excluding carboxylic acids is 2. The number of amides is 2. The minimum Gasteiger partial charge on any atom is -0.479 e. The number of nitrogens with one attached hydrogen (secondary N) is 1. The van der Waals surface area contributed by atoms with Crippen LogP contribution in [0.2, 0.25) is 10.0 Å². The van der Waals surface area contributed by atoms with Crippen molar-refractivity contribution in [2.75, 3.05) is 18.4 Å². The normalized spacial score (nSPS) is 15.7. The molecule has 0 aliphatic carbocycles. The summed E-state index contributed by atoms with van der Waals surface area (Å²) in [7, 11) is 0. The van der Waals surface area contributed by atoms with E-state index >= 15 is 0 Å². The summed E-state index contributed by atoms with van der Waals surface area (Å²) < 4.78 is 5.64. The van der Waals surface area contributed by atoms with Crippen LogP contribution in [0.1, 0.15) is 37.0 Å². The predicted molar refractivity (Wildman–Crippen MR) is 116 cm³/mol. The van der Waals surface area contributed by atoms with Gasteiger partial charge in [-0.05, 0) is 62.1 Å². The van der Waals surface area contributed by atoms with Crippen LogP contribution in [0.4, 0.5) is 5.69 Å². The maximum Gasteiger partial charge on any atom is 0.265 e. The van der Waals surface area contributed by atoms with Crippen LogP contribution >= 0.6 is 23.2 Å². The fourth-order valence-electron chi connectivity index (χ4n) is 3.18. The quantitative estimate of drug-likeness (QED) is 0.696. The van der Waals surface area contributed by atoms with Gasteiger partial charge in [0.05, 0.1) is 5.02 Å². The molecule has 29 heavy (non-hydrogen) atoms. The molecule has 0 aromatic heterocycles. The Balaban J connectivity index is 1.63. The Bertz CT molecular complexity index is 895. The van der Waals surface area contributed by atoms with E-state index in [2.05, 4.69) is 12.2 Å². The number of carbonyl (C=O) groups is 2. The van der Waals surface area contributed by atoms with Crippen molar-refractivity contribution in [2.45, 2.75) is 32.8 Å². The van der Waals surface area contributed by atoms with Crippen LogP contribution in [0, 0.1) is 5.92 Å². The maximum absolute atomic E-state index is 12.7. The van der Waals surface area contributed by atoms with Crippen LogP contribution in [0.3, 0.4) is 0 Å². The second-order valence-electron chi connectivity index (χ2n) is 7.38. The van der Waals surface area contributed by atoms with E-state index in [1.54, 1.807) is 49.4 Å². The highest BCUT2D eigenvalue weighted by molar-refractivity contribution is 6.35. The van der Waals surface area contributed by atoms with Crippen LogP contribution < -0.4 is 10.1 Å². The molecule has 1 fully saturated rings. The Morgan fingerprint density at radius 3 is 2.55 bits per heavy atom. The van der Waals surface area contributed by atoms with Gasteiger partial charge in [0.2, 0.25) is 0 Å². The molecule has 2 aromatic rings. The van der Waals surface area contributed by atoms with E-state index < -0.39 is 6.10 Å². The minimum atomic E-state index is -0.781. The molecule has 1 unspecified atom stereocenters. The highest BCUT2D eigenvalue weighted by Gasteiger charge is 2.22. The summed E-state index contributed by atoms with van der Waals surface area (Å²) in [6.45, 7) is 5.37. The lowest BCUT2D eigenvalue weighted by Crippen LogP contribution is -2.38. The smallest absolute Gasteiger partial charge is 0.265 e. The van der Waals surface area contributed by atoms with Gasteiger partial charge in [-0.1, -0.05) is 36.2 Å². The molecule has 0 radical (unpaired) electrons. The Morgan fingerprint density at radius 2 is 1.86 bits per heavy atom. The van der Waals surface area contributed by atoms with Crippen molar-refractivity contribution in [1.82, 2.24) is 4.90 Å². The molecular formula is C22H24Cl2N2O3. The van der Waals surface area contributed by atoms with Crippen LogP contribution in [-0.2, 0) is 4.79 Å². The number of nitrogens with zero attached hydrogens (tertiary/aromatic N) is 1. The van der Waals surface area contributed by atoms with Crippen molar-refractivity contribution < 1.29 is 14.3 Å². The molecule has 5 nitrogen and oxygen atoms in total. The van der Waals surface area contributed by atoms with E-state index in [1.165, 1.54) is 0 Å². The third-order valence-electron chi connectivity index (χ3n) is 5.01. The molecule has 7 heteroatoms. The van der Waals surface area contributed by atoms with Crippen LogP contribution in [0.25, 0.3) is 0 Å². The number of hydrogen-bond donors (Lipinski definition) is 1.